The maximum Gasteiger partial charge on any atom is 0.326 e. The van der Waals surface area contributed by atoms with Crippen LogP contribution in [0.3, 0.4) is 0 Å². The van der Waals surface area contributed by atoms with E-state index in [0.717, 1.165) is 0 Å². The van der Waals surface area contributed by atoms with Gasteiger partial charge in [-0.1, -0.05) is 0 Å². The van der Waals surface area contributed by atoms with E-state index in [4.69, 9.17) is 5.73 Å². The van der Waals surface area contributed by atoms with Gasteiger partial charge in [0, 0.05) is 0 Å². The van der Waals surface area contributed by atoms with E-state index in [2.05, 4.69) is 20.5 Å². The summed E-state index contributed by atoms with van der Waals surface area (Å²) >= 11 is 0. The second-order valence-electron chi connectivity index (χ2n) is 5.45. The van der Waals surface area contributed by atoms with Gasteiger partial charge >= 0.3 is 5.69 Å². The normalized spacial score (nSPS) is 33.4. The van der Waals surface area contributed by atoms with Gasteiger partial charge in [-0.25, -0.2) is 4.79 Å². The van der Waals surface area contributed by atoms with Gasteiger partial charge in [-0.2, -0.15) is 5.10 Å². The molecule has 1 aliphatic heterocycles. The lowest BCUT2D eigenvalue weighted by atomic mass is 9.98. The van der Waals surface area contributed by atoms with E-state index in [-0.39, 0.29) is 16.7 Å². The van der Waals surface area contributed by atoms with Gasteiger partial charge < -0.3 is 26.0 Å². The molecule has 1 aliphatic rings. The molecular formula is C11H16N6O5. The SMILES string of the molecule is CC(O)[C@H]1N[C@@](N)(c2[nH]nc3c(=O)[nH]c(=O)[nH]c23)[C@H](O)[C@@H]1O. The molecule has 2 aromatic rings. The zero-order valence-electron chi connectivity index (χ0n) is 11.5. The smallest absolute Gasteiger partial charge is 0.326 e. The van der Waals surface area contributed by atoms with Crippen molar-refractivity contribution in [1.82, 2.24) is 25.5 Å². The highest BCUT2D eigenvalue weighted by Crippen LogP contribution is 2.32. The monoisotopic (exact) mass is 312 g/mol. The van der Waals surface area contributed by atoms with E-state index in [1.165, 1.54) is 6.92 Å². The Morgan fingerprint density at radius 2 is 2.00 bits per heavy atom. The molecular weight excluding hydrogens is 296 g/mol. The Hall–Kier alpha value is -2.05. The van der Waals surface area contributed by atoms with Gasteiger partial charge in [0.25, 0.3) is 5.56 Å². The van der Waals surface area contributed by atoms with Crippen LogP contribution in [0.5, 0.6) is 0 Å². The van der Waals surface area contributed by atoms with Gasteiger partial charge in [0.15, 0.2) is 5.52 Å². The molecule has 9 N–H and O–H groups in total. The largest absolute Gasteiger partial charge is 0.392 e. The summed E-state index contributed by atoms with van der Waals surface area (Å²) < 4.78 is 0. The van der Waals surface area contributed by atoms with Gasteiger partial charge in [0.05, 0.1) is 17.8 Å². The fourth-order valence-electron chi connectivity index (χ4n) is 2.77. The molecule has 0 bridgehead atoms. The molecule has 120 valence electrons. The number of hydrogen-bond acceptors (Lipinski definition) is 8. The number of aromatic nitrogens is 4. The molecule has 11 heteroatoms. The summed E-state index contributed by atoms with van der Waals surface area (Å²) in [6.07, 6.45) is -3.85. The van der Waals surface area contributed by atoms with Gasteiger partial charge in [0.1, 0.15) is 23.4 Å². The van der Waals surface area contributed by atoms with Crippen molar-refractivity contribution in [1.29, 1.82) is 0 Å². The van der Waals surface area contributed by atoms with Crippen LogP contribution in [0.1, 0.15) is 12.6 Å². The number of aromatic amines is 3. The third-order valence-corrected chi connectivity index (χ3v) is 3.94. The van der Waals surface area contributed by atoms with Crippen molar-refractivity contribution in [3.63, 3.8) is 0 Å². The molecule has 5 atom stereocenters. The number of nitrogens with one attached hydrogen (secondary N) is 4. The molecule has 0 saturated carbocycles. The maximum absolute atomic E-state index is 11.7. The average molecular weight is 312 g/mol. The molecule has 3 rings (SSSR count). The predicted octanol–water partition coefficient (Wildman–Crippen LogP) is -3.87. The van der Waals surface area contributed by atoms with E-state index >= 15 is 0 Å². The molecule has 11 nitrogen and oxygen atoms in total. The fourth-order valence-corrected chi connectivity index (χ4v) is 2.77. The first-order chi connectivity index (χ1) is 10.3. The van der Waals surface area contributed by atoms with Crippen molar-refractivity contribution in [2.24, 2.45) is 5.73 Å². The van der Waals surface area contributed by atoms with Gasteiger partial charge in [-0.05, 0) is 6.92 Å². The summed E-state index contributed by atoms with van der Waals surface area (Å²) in [5, 5.41) is 38.9. The second-order valence-corrected chi connectivity index (χ2v) is 5.45. The topological polar surface area (TPSA) is 193 Å². The van der Waals surface area contributed by atoms with Crippen LogP contribution < -0.4 is 22.3 Å². The number of rotatable bonds is 2. The molecule has 1 unspecified atom stereocenters. The Labute approximate surface area is 122 Å². The number of aliphatic hydroxyl groups is 3. The van der Waals surface area contributed by atoms with Crippen LogP contribution in [-0.4, -0.2) is 59.8 Å². The summed E-state index contributed by atoms with van der Waals surface area (Å²) in [6, 6.07) is -0.896. The summed E-state index contributed by atoms with van der Waals surface area (Å²) in [7, 11) is 0. The maximum atomic E-state index is 11.7. The molecule has 22 heavy (non-hydrogen) atoms. The lowest BCUT2D eigenvalue weighted by Gasteiger charge is -2.27. The Morgan fingerprint density at radius 1 is 1.32 bits per heavy atom. The minimum Gasteiger partial charge on any atom is -0.392 e. The highest BCUT2D eigenvalue weighted by atomic mass is 16.3. The predicted molar refractivity (Wildman–Crippen MR) is 73.8 cm³/mol. The first-order valence-corrected chi connectivity index (χ1v) is 6.57. The number of nitrogens with zero attached hydrogens (tertiary/aromatic N) is 1. The van der Waals surface area contributed by atoms with E-state index in [1.54, 1.807) is 0 Å². The molecule has 1 fully saturated rings. The number of fused-ring (bicyclic) bond motifs is 1. The molecule has 2 aromatic heterocycles. The van der Waals surface area contributed by atoms with E-state index in [9.17, 15) is 24.9 Å². The number of nitrogens with two attached hydrogens (primary N) is 1. The van der Waals surface area contributed by atoms with Crippen LogP contribution in [0.4, 0.5) is 0 Å². The van der Waals surface area contributed by atoms with Crippen molar-refractivity contribution in [3.8, 4) is 0 Å². The first kappa shape index (κ1) is 14.9. The summed E-state index contributed by atoms with van der Waals surface area (Å²) in [6.45, 7) is 1.43. The Balaban J connectivity index is 2.19. The lowest BCUT2D eigenvalue weighted by molar-refractivity contribution is -0.00994. The van der Waals surface area contributed by atoms with Crippen molar-refractivity contribution in [2.75, 3.05) is 0 Å². The first-order valence-electron chi connectivity index (χ1n) is 6.57. The molecule has 0 aliphatic carbocycles. The van der Waals surface area contributed by atoms with Crippen LogP contribution in [-0.2, 0) is 5.66 Å². The highest BCUT2D eigenvalue weighted by Gasteiger charge is 2.54. The Morgan fingerprint density at radius 3 is 2.59 bits per heavy atom. The molecule has 0 radical (unpaired) electrons. The lowest BCUT2D eigenvalue weighted by Crippen LogP contribution is -2.56. The van der Waals surface area contributed by atoms with E-state index in [0.29, 0.717) is 0 Å². The standard InChI is InChI=1S/C11H16N6O5/c1-2(18)3-6(19)8(20)11(12,15-3)7-4-5(16-17-7)9(21)14-10(22)13-4/h2-3,6,8,15,18-20H,12H2,1H3,(H,16,17)(H2,13,14,21,22)/t2?,3-,6-,8-,11+/m1/s1. The molecule has 3 heterocycles. The third kappa shape index (κ3) is 1.91. The van der Waals surface area contributed by atoms with Crippen molar-refractivity contribution >= 4 is 11.0 Å². The average Bonchev–Trinajstić information content (AvgIpc) is 2.95. The zero-order valence-corrected chi connectivity index (χ0v) is 11.5. The van der Waals surface area contributed by atoms with Crippen LogP contribution in [0.2, 0.25) is 0 Å². The molecule has 0 aromatic carbocycles. The summed E-state index contributed by atoms with van der Waals surface area (Å²) in [5.74, 6) is 0. The summed E-state index contributed by atoms with van der Waals surface area (Å²) in [4.78, 5) is 27.5. The summed E-state index contributed by atoms with van der Waals surface area (Å²) in [5.41, 5.74) is 2.86. The number of hydrogen-bond donors (Lipinski definition) is 8. The van der Waals surface area contributed by atoms with Crippen molar-refractivity contribution in [2.45, 2.75) is 36.9 Å². The molecule has 0 amide bonds. The van der Waals surface area contributed by atoms with E-state index < -0.39 is 41.3 Å². The van der Waals surface area contributed by atoms with Gasteiger partial charge in [-0.15, -0.1) is 0 Å². The van der Waals surface area contributed by atoms with Gasteiger partial charge in [-0.3, -0.25) is 20.2 Å². The van der Waals surface area contributed by atoms with Crippen LogP contribution in [0.25, 0.3) is 11.0 Å². The minimum absolute atomic E-state index is 0.0150. The Bertz CT molecular complexity index is 824. The van der Waals surface area contributed by atoms with Crippen LogP contribution in [0, 0.1) is 0 Å². The second kappa shape index (κ2) is 4.72. The van der Waals surface area contributed by atoms with Crippen LogP contribution >= 0.6 is 0 Å². The quantitative estimate of drug-likeness (QED) is 0.276. The minimum atomic E-state index is -1.73. The van der Waals surface area contributed by atoms with Crippen molar-refractivity contribution in [3.05, 3.63) is 26.5 Å². The number of aliphatic hydroxyl groups excluding tert-OH is 3. The Kier molecular flexibility index (Phi) is 3.19. The van der Waals surface area contributed by atoms with E-state index in [1.807, 2.05) is 4.98 Å². The van der Waals surface area contributed by atoms with Gasteiger partial charge in [0.2, 0.25) is 0 Å². The van der Waals surface area contributed by atoms with Crippen molar-refractivity contribution < 1.29 is 15.3 Å². The number of H-pyrrole nitrogens is 3. The molecule has 1 saturated heterocycles. The molecule has 0 spiro atoms. The fraction of sp³-hybridized carbons (Fsp3) is 0.545. The van der Waals surface area contributed by atoms with Crippen LogP contribution in [0.15, 0.2) is 9.59 Å². The third-order valence-electron chi connectivity index (χ3n) is 3.94. The zero-order chi connectivity index (χ0) is 16.2. The highest BCUT2D eigenvalue weighted by molar-refractivity contribution is 5.76.